The van der Waals surface area contributed by atoms with E-state index in [9.17, 15) is 17.6 Å². The van der Waals surface area contributed by atoms with Crippen LogP contribution in [-0.4, -0.2) is 37.3 Å². The maximum atomic E-state index is 14.2. The highest BCUT2D eigenvalue weighted by Crippen LogP contribution is 2.48. The van der Waals surface area contributed by atoms with E-state index in [-0.39, 0.29) is 24.7 Å². The minimum atomic E-state index is -2.74. The third-order valence-electron chi connectivity index (χ3n) is 4.12. The van der Waals surface area contributed by atoms with Gasteiger partial charge in [-0.25, -0.2) is 22.5 Å². The standard InChI is InChI=1S/C16H13F4N5O/c1-8(17)14-23-22-13-3-2-12(24-25(13)14)9-4-11(18)15(21-6-9)26-7-10-5-16(10,19)20/h2-4,6,8,10H,5,7H2,1H3. The van der Waals surface area contributed by atoms with Crippen LogP contribution in [0.3, 0.4) is 0 Å². The third kappa shape index (κ3) is 2.95. The van der Waals surface area contributed by atoms with Crippen LogP contribution in [-0.2, 0) is 0 Å². The van der Waals surface area contributed by atoms with Crippen molar-refractivity contribution in [1.82, 2.24) is 24.8 Å². The fourth-order valence-corrected chi connectivity index (χ4v) is 2.51. The topological polar surface area (TPSA) is 65.2 Å². The summed E-state index contributed by atoms with van der Waals surface area (Å²) in [4.78, 5) is 3.83. The maximum Gasteiger partial charge on any atom is 0.255 e. The zero-order valence-corrected chi connectivity index (χ0v) is 13.5. The number of ether oxygens (including phenoxy) is 1. The van der Waals surface area contributed by atoms with Crippen molar-refractivity contribution in [1.29, 1.82) is 0 Å². The molecular weight excluding hydrogens is 354 g/mol. The summed E-state index contributed by atoms with van der Waals surface area (Å²) in [6.45, 7) is 1.01. The lowest BCUT2D eigenvalue weighted by Gasteiger charge is -2.08. The van der Waals surface area contributed by atoms with Crippen LogP contribution in [0, 0.1) is 11.7 Å². The Bertz CT molecular complexity index is 974. The first-order chi connectivity index (χ1) is 12.3. The summed E-state index contributed by atoms with van der Waals surface area (Å²) in [5.41, 5.74) is 0.998. The number of hydrogen-bond donors (Lipinski definition) is 0. The summed E-state index contributed by atoms with van der Waals surface area (Å²) in [7, 11) is 0. The summed E-state index contributed by atoms with van der Waals surface area (Å²) in [6, 6.07) is 4.27. The maximum absolute atomic E-state index is 14.2. The Labute approximate surface area is 144 Å². The van der Waals surface area contributed by atoms with Gasteiger partial charge in [-0.1, -0.05) is 0 Å². The molecule has 3 heterocycles. The molecule has 136 valence electrons. The number of halogens is 4. The molecule has 0 spiro atoms. The van der Waals surface area contributed by atoms with Crippen molar-refractivity contribution in [3.8, 4) is 17.1 Å². The van der Waals surface area contributed by atoms with E-state index >= 15 is 0 Å². The molecule has 0 aliphatic heterocycles. The zero-order valence-electron chi connectivity index (χ0n) is 13.5. The van der Waals surface area contributed by atoms with E-state index in [0.717, 1.165) is 6.07 Å². The molecule has 3 aromatic heterocycles. The van der Waals surface area contributed by atoms with Crippen molar-refractivity contribution in [2.24, 2.45) is 5.92 Å². The fraction of sp³-hybridized carbons (Fsp3) is 0.375. The Morgan fingerprint density at radius 1 is 1.35 bits per heavy atom. The molecule has 26 heavy (non-hydrogen) atoms. The second-order valence-electron chi connectivity index (χ2n) is 6.15. The number of nitrogens with zero attached hydrogens (tertiary/aromatic N) is 5. The monoisotopic (exact) mass is 367 g/mol. The normalized spacial score (nSPS) is 19.5. The number of alkyl halides is 3. The predicted molar refractivity (Wildman–Crippen MR) is 82.0 cm³/mol. The van der Waals surface area contributed by atoms with Gasteiger partial charge in [-0.3, -0.25) is 0 Å². The molecule has 0 radical (unpaired) electrons. The van der Waals surface area contributed by atoms with Crippen molar-refractivity contribution in [3.63, 3.8) is 0 Å². The number of fused-ring (bicyclic) bond motifs is 1. The Hall–Kier alpha value is -2.78. The highest BCUT2D eigenvalue weighted by atomic mass is 19.3. The molecule has 0 N–H and O–H groups in total. The molecular formula is C16H13F4N5O. The summed E-state index contributed by atoms with van der Waals surface area (Å²) in [5.74, 6) is -4.75. The third-order valence-corrected chi connectivity index (χ3v) is 4.12. The van der Waals surface area contributed by atoms with E-state index < -0.39 is 23.8 Å². The minimum absolute atomic E-state index is 0.0283. The Morgan fingerprint density at radius 2 is 2.12 bits per heavy atom. The SMILES string of the molecule is CC(F)c1nnc2ccc(-c3cnc(OCC4CC4(F)F)c(F)c3)nn12. The van der Waals surface area contributed by atoms with Gasteiger partial charge in [-0.2, -0.15) is 9.61 Å². The van der Waals surface area contributed by atoms with Crippen LogP contribution in [0.15, 0.2) is 24.4 Å². The van der Waals surface area contributed by atoms with Gasteiger partial charge in [0.25, 0.3) is 5.92 Å². The quantitative estimate of drug-likeness (QED) is 0.647. The van der Waals surface area contributed by atoms with Gasteiger partial charge in [-0.05, 0) is 25.1 Å². The number of aromatic nitrogens is 5. The smallest absolute Gasteiger partial charge is 0.255 e. The van der Waals surface area contributed by atoms with Crippen molar-refractivity contribution in [3.05, 3.63) is 36.0 Å². The summed E-state index contributed by atoms with van der Waals surface area (Å²) >= 11 is 0. The molecule has 3 aromatic rings. The summed E-state index contributed by atoms with van der Waals surface area (Å²) in [6.07, 6.45) is -0.329. The Balaban J connectivity index is 1.58. The lowest BCUT2D eigenvalue weighted by molar-refractivity contribution is 0.0842. The number of pyridine rings is 1. The van der Waals surface area contributed by atoms with Gasteiger partial charge in [0.2, 0.25) is 5.88 Å². The van der Waals surface area contributed by atoms with E-state index in [2.05, 4.69) is 20.3 Å². The first-order valence-corrected chi connectivity index (χ1v) is 7.88. The van der Waals surface area contributed by atoms with Crippen molar-refractivity contribution in [2.45, 2.75) is 25.4 Å². The van der Waals surface area contributed by atoms with Gasteiger partial charge in [0.15, 0.2) is 23.5 Å². The fourth-order valence-electron chi connectivity index (χ4n) is 2.51. The molecule has 0 aromatic carbocycles. The van der Waals surface area contributed by atoms with Crippen LogP contribution in [0.4, 0.5) is 17.6 Å². The van der Waals surface area contributed by atoms with Crippen LogP contribution in [0.5, 0.6) is 5.88 Å². The van der Waals surface area contributed by atoms with E-state index in [4.69, 9.17) is 4.74 Å². The second kappa shape index (κ2) is 5.89. The average molecular weight is 367 g/mol. The molecule has 6 nitrogen and oxygen atoms in total. The van der Waals surface area contributed by atoms with Gasteiger partial charge in [0, 0.05) is 18.2 Å². The predicted octanol–water partition coefficient (Wildman–Crippen LogP) is 3.39. The highest BCUT2D eigenvalue weighted by Gasteiger charge is 2.57. The van der Waals surface area contributed by atoms with E-state index in [1.807, 2.05) is 0 Å². The lowest BCUT2D eigenvalue weighted by atomic mass is 10.2. The molecule has 10 heteroatoms. The molecule has 4 rings (SSSR count). The van der Waals surface area contributed by atoms with Gasteiger partial charge in [0.05, 0.1) is 18.2 Å². The molecule has 0 amide bonds. The zero-order chi connectivity index (χ0) is 18.5. The van der Waals surface area contributed by atoms with Crippen LogP contribution in [0.2, 0.25) is 0 Å². The molecule has 2 unspecified atom stereocenters. The molecule has 0 saturated heterocycles. The molecule has 2 atom stereocenters. The van der Waals surface area contributed by atoms with E-state index in [1.54, 1.807) is 12.1 Å². The van der Waals surface area contributed by atoms with Crippen LogP contribution in [0.25, 0.3) is 16.9 Å². The number of hydrogen-bond acceptors (Lipinski definition) is 5. The molecule has 1 fully saturated rings. The van der Waals surface area contributed by atoms with Gasteiger partial charge in [-0.15, -0.1) is 10.2 Å². The summed E-state index contributed by atoms with van der Waals surface area (Å²) in [5, 5.41) is 11.7. The number of rotatable bonds is 5. The van der Waals surface area contributed by atoms with Crippen LogP contribution in [0.1, 0.15) is 25.3 Å². The second-order valence-corrected chi connectivity index (χ2v) is 6.15. The molecule has 1 aliphatic carbocycles. The van der Waals surface area contributed by atoms with Gasteiger partial charge >= 0.3 is 0 Å². The van der Waals surface area contributed by atoms with Crippen LogP contribution < -0.4 is 4.74 Å². The molecule has 1 aliphatic rings. The average Bonchev–Trinajstić information content (AvgIpc) is 3.02. The molecule has 1 saturated carbocycles. The van der Waals surface area contributed by atoms with E-state index in [0.29, 0.717) is 16.9 Å². The van der Waals surface area contributed by atoms with Crippen LogP contribution >= 0.6 is 0 Å². The first-order valence-electron chi connectivity index (χ1n) is 7.88. The van der Waals surface area contributed by atoms with Gasteiger partial charge < -0.3 is 4.74 Å². The van der Waals surface area contributed by atoms with Crippen molar-refractivity contribution in [2.75, 3.05) is 6.61 Å². The first kappa shape index (κ1) is 16.7. The highest BCUT2D eigenvalue weighted by molar-refractivity contribution is 5.59. The van der Waals surface area contributed by atoms with Crippen molar-refractivity contribution >= 4 is 5.65 Å². The Morgan fingerprint density at radius 3 is 2.77 bits per heavy atom. The Kier molecular flexibility index (Phi) is 3.78. The van der Waals surface area contributed by atoms with Crippen molar-refractivity contribution < 1.29 is 22.3 Å². The molecule has 0 bridgehead atoms. The largest absolute Gasteiger partial charge is 0.475 e. The minimum Gasteiger partial charge on any atom is -0.475 e. The van der Waals surface area contributed by atoms with Gasteiger partial charge in [0.1, 0.15) is 0 Å². The van der Waals surface area contributed by atoms with E-state index in [1.165, 1.54) is 17.6 Å². The summed E-state index contributed by atoms with van der Waals surface area (Å²) < 4.78 is 59.7. The lowest BCUT2D eigenvalue weighted by Crippen LogP contribution is -2.08.